The summed E-state index contributed by atoms with van der Waals surface area (Å²) in [6, 6.07) is -0.567. The van der Waals surface area contributed by atoms with Gasteiger partial charge in [-0.15, -0.1) is 0 Å². The van der Waals surface area contributed by atoms with Gasteiger partial charge < -0.3 is 21.1 Å². The molecule has 0 unspecified atom stereocenters. The molecule has 4 amide bonds. The highest BCUT2D eigenvalue weighted by atomic mass is 16.3. The first-order valence-corrected chi connectivity index (χ1v) is 4.64. The smallest absolute Gasteiger partial charge is 0.334 e. The van der Waals surface area contributed by atoms with Gasteiger partial charge in [0.25, 0.3) is 0 Å². The lowest BCUT2D eigenvalue weighted by Gasteiger charge is -1.98. The number of nitrogens with zero attached hydrogens (tertiary/aromatic N) is 1. The molecule has 8 heteroatoms. The van der Waals surface area contributed by atoms with Crippen LogP contribution >= 0.6 is 0 Å². The number of amides is 4. The second-order valence-corrected chi connectivity index (χ2v) is 2.31. The standard InChI is InChI=1S/C4H9N3O.C4H10N2O2/c1-3-6-7-4(8)5-2;1-5-4(8)6-2-3-7/h3H,1-2H3,(H2,5,7,8);7H,2-3H2,1H3,(H2,5,6,8). The van der Waals surface area contributed by atoms with Crippen LogP contribution < -0.4 is 21.4 Å². The molecule has 0 aliphatic carbocycles. The number of hydrogen-bond acceptors (Lipinski definition) is 4. The fraction of sp³-hybridized carbons (Fsp3) is 0.625. The topological polar surface area (TPSA) is 115 Å². The largest absolute Gasteiger partial charge is 0.395 e. The lowest BCUT2D eigenvalue weighted by atomic mass is 10.7. The number of carbonyl (C=O) groups is 2. The summed E-state index contributed by atoms with van der Waals surface area (Å²) in [5.41, 5.74) is 2.20. The van der Waals surface area contributed by atoms with Crippen LogP contribution in [0.4, 0.5) is 9.59 Å². The molecule has 0 saturated carbocycles. The van der Waals surface area contributed by atoms with Crippen molar-refractivity contribution in [3.8, 4) is 0 Å². The van der Waals surface area contributed by atoms with Crippen molar-refractivity contribution in [3.05, 3.63) is 0 Å². The molecule has 0 radical (unpaired) electrons. The van der Waals surface area contributed by atoms with Crippen LogP contribution in [0.1, 0.15) is 6.92 Å². The van der Waals surface area contributed by atoms with Crippen molar-refractivity contribution in [2.24, 2.45) is 5.10 Å². The van der Waals surface area contributed by atoms with Crippen LogP contribution in [-0.2, 0) is 0 Å². The molecule has 0 aromatic heterocycles. The predicted molar refractivity (Wildman–Crippen MR) is 61.3 cm³/mol. The van der Waals surface area contributed by atoms with Gasteiger partial charge in [-0.05, 0) is 6.92 Å². The monoisotopic (exact) mass is 233 g/mol. The molecule has 16 heavy (non-hydrogen) atoms. The van der Waals surface area contributed by atoms with Gasteiger partial charge in [-0.3, -0.25) is 0 Å². The molecule has 0 atom stereocenters. The second kappa shape index (κ2) is 13.2. The lowest BCUT2D eigenvalue weighted by Crippen LogP contribution is -2.34. The number of aliphatic hydroxyl groups is 1. The maximum atomic E-state index is 10.2. The van der Waals surface area contributed by atoms with E-state index in [0.29, 0.717) is 6.54 Å². The Labute approximate surface area is 94.5 Å². The minimum Gasteiger partial charge on any atom is -0.395 e. The van der Waals surface area contributed by atoms with Crippen LogP contribution in [0.3, 0.4) is 0 Å². The SMILES string of the molecule is CC=NNC(=O)NC.CNC(=O)NCCO. The van der Waals surface area contributed by atoms with E-state index in [9.17, 15) is 9.59 Å². The minimum absolute atomic E-state index is 0.0204. The summed E-state index contributed by atoms with van der Waals surface area (Å²) in [5.74, 6) is 0. The summed E-state index contributed by atoms with van der Waals surface area (Å²) in [5, 5.41) is 18.7. The molecule has 0 aromatic rings. The Balaban J connectivity index is 0. The highest BCUT2D eigenvalue weighted by Gasteiger charge is 1.89. The fourth-order valence-corrected chi connectivity index (χ4v) is 0.437. The van der Waals surface area contributed by atoms with Crippen LogP contribution in [0.25, 0.3) is 0 Å². The fourth-order valence-electron chi connectivity index (χ4n) is 0.437. The first-order valence-electron chi connectivity index (χ1n) is 4.64. The third-order valence-corrected chi connectivity index (χ3v) is 1.15. The average molecular weight is 233 g/mol. The van der Waals surface area contributed by atoms with Gasteiger partial charge in [-0.25, -0.2) is 15.0 Å². The summed E-state index contributed by atoms with van der Waals surface area (Å²) in [7, 11) is 3.05. The van der Waals surface area contributed by atoms with Crippen LogP contribution in [0.2, 0.25) is 0 Å². The normalized spacial score (nSPS) is 8.75. The zero-order valence-corrected chi connectivity index (χ0v) is 9.70. The van der Waals surface area contributed by atoms with Gasteiger partial charge in [0, 0.05) is 26.9 Å². The zero-order valence-electron chi connectivity index (χ0n) is 9.70. The van der Waals surface area contributed by atoms with Crippen molar-refractivity contribution in [3.63, 3.8) is 0 Å². The van der Waals surface area contributed by atoms with Gasteiger partial charge in [-0.1, -0.05) is 0 Å². The van der Waals surface area contributed by atoms with Crippen molar-refractivity contribution in [2.75, 3.05) is 27.2 Å². The molecule has 0 rings (SSSR count). The summed E-state index contributed by atoms with van der Waals surface area (Å²) >= 11 is 0. The van der Waals surface area contributed by atoms with Gasteiger partial charge in [-0.2, -0.15) is 5.10 Å². The van der Waals surface area contributed by atoms with E-state index in [4.69, 9.17) is 5.11 Å². The molecule has 0 spiro atoms. The van der Waals surface area contributed by atoms with Gasteiger partial charge in [0.2, 0.25) is 0 Å². The van der Waals surface area contributed by atoms with Crippen molar-refractivity contribution in [1.29, 1.82) is 0 Å². The van der Waals surface area contributed by atoms with E-state index >= 15 is 0 Å². The van der Waals surface area contributed by atoms with E-state index in [1.165, 1.54) is 20.3 Å². The van der Waals surface area contributed by atoms with E-state index < -0.39 is 0 Å². The van der Waals surface area contributed by atoms with Crippen LogP contribution in [0.5, 0.6) is 0 Å². The van der Waals surface area contributed by atoms with Gasteiger partial charge >= 0.3 is 12.1 Å². The zero-order chi connectivity index (χ0) is 12.8. The highest BCUT2D eigenvalue weighted by molar-refractivity contribution is 5.74. The van der Waals surface area contributed by atoms with Gasteiger partial charge in [0.05, 0.1) is 6.61 Å². The third kappa shape index (κ3) is 14.7. The molecule has 0 heterocycles. The Morgan fingerprint density at radius 2 is 1.81 bits per heavy atom. The Morgan fingerprint density at radius 3 is 2.19 bits per heavy atom. The number of hydrazone groups is 1. The molecule has 8 nitrogen and oxygen atoms in total. The van der Waals surface area contributed by atoms with Crippen LogP contribution in [-0.4, -0.2) is 50.6 Å². The summed E-state index contributed by atoms with van der Waals surface area (Å²) in [6.07, 6.45) is 1.50. The molecule has 0 aliphatic heterocycles. The van der Waals surface area contributed by atoms with Crippen LogP contribution in [0.15, 0.2) is 5.10 Å². The molecule has 0 aliphatic rings. The number of carbonyl (C=O) groups excluding carboxylic acids is 2. The summed E-state index contributed by atoms with van der Waals surface area (Å²) < 4.78 is 0. The first kappa shape index (κ1) is 16.6. The molecule has 0 bridgehead atoms. The maximum Gasteiger partial charge on any atom is 0.334 e. The molecular weight excluding hydrogens is 214 g/mol. The number of rotatable bonds is 3. The third-order valence-electron chi connectivity index (χ3n) is 1.15. The van der Waals surface area contributed by atoms with Gasteiger partial charge in [0.1, 0.15) is 0 Å². The van der Waals surface area contributed by atoms with Crippen molar-refractivity contribution < 1.29 is 14.7 Å². The Morgan fingerprint density at radius 1 is 1.25 bits per heavy atom. The summed E-state index contributed by atoms with van der Waals surface area (Å²) in [6.45, 7) is 2.00. The number of hydrogen-bond donors (Lipinski definition) is 5. The van der Waals surface area contributed by atoms with E-state index in [0.717, 1.165) is 0 Å². The minimum atomic E-state index is -0.303. The second-order valence-electron chi connectivity index (χ2n) is 2.31. The average Bonchev–Trinajstić information content (AvgIpc) is 2.33. The predicted octanol–water partition coefficient (Wildman–Crippen LogP) is -1.17. The molecular formula is C8H19N5O3. The quantitative estimate of drug-likeness (QED) is 0.312. The first-order chi connectivity index (χ1) is 7.62. The lowest BCUT2D eigenvalue weighted by molar-refractivity contribution is 0.236. The number of aliphatic hydroxyl groups excluding tert-OH is 1. The van der Waals surface area contributed by atoms with E-state index in [2.05, 4.69) is 26.5 Å². The Bertz CT molecular complexity index is 220. The number of nitrogens with one attached hydrogen (secondary N) is 4. The van der Waals surface area contributed by atoms with E-state index in [-0.39, 0.29) is 18.7 Å². The Kier molecular flexibility index (Phi) is 13.7. The van der Waals surface area contributed by atoms with Crippen LogP contribution in [0, 0.1) is 0 Å². The van der Waals surface area contributed by atoms with E-state index in [1.807, 2.05) is 0 Å². The molecule has 0 fully saturated rings. The van der Waals surface area contributed by atoms with Crippen molar-refractivity contribution in [2.45, 2.75) is 6.92 Å². The molecule has 5 N–H and O–H groups in total. The number of urea groups is 2. The van der Waals surface area contributed by atoms with Crippen molar-refractivity contribution >= 4 is 18.3 Å². The molecule has 0 saturated heterocycles. The highest BCUT2D eigenvalue weighted by Crippen LogP contribution is 1.58. The van der Waals surface area contributed by atoms with Gasteiger partial charge in [0.15, 0.2) is 0 Å². The van der Waals surface area contributed by atoms with Crippen molar-refractivity contribution in [1.82, 2.24) is 21.4 Å². The summed E-state index contributed by atoms with van der Waals surface area (Å²) in [4.78, 5) is 20.5. The maximum absolute atomic E-state index is 10.2. The van der Waals surface area contributed by atoms with E-state index in [1.54, 1.807) is 6.92 Å². The molecule has 94 valence electrons. The molecule has 0 aromatic carbocycles. The Hall–Kier alpha value is -1.83.